The Morgan fingerprint density at radius 1 is 1.12 bits per heavy atom. The zero-order valence-corrected chi connectivity index (χ0v) is 10.6. The van der Waals surface area contributed by atoms with Gasteiger partial charge in [0, 0.05) is 6.04 Å². The molecule has 0 aliphatic carbocycles. The van der Waals surface area contributed by atoms with Crippen LogP contribution in [0.15, 0.2) is 18.2 Å². The van der Waals surface area contributed by atoms with Gasteiger partial charge in [-0.2, -0.15) is 0 Å². The maximum Gasteiger partial charge on any atom is 0.00702 e. The minimum absolute atomic E-state index is 0.759. The topological polar surface area (TPSA) is 12.0 Å². The second kappa shape index (κ2) is 5.49. The Morgan fingerprint density at radius 3 is 2.50 bits per heavy atom. The lowest BCUT2D eigenvalue weighted by Gasteiger charge is -2.23. The molecule has 1 nitrogen and oxygen atoms in total. The first-order valence-electron chi connectivity index (χ1n) is 6.54. The minimum Gasteiger partial charge on any atom is -0.314 e. The van der Waals surface area contributed by atoms with Gasteiger partial charge in [0.1, 0.15) is 0 Å². The van der Waals surface area contributed by atoms with Crippen molar-refractivity contribution in [3.63, 3.8) is 0 Å². The van der Waals surface area contributed by atoms with Crippen LogP contribution in [0.1, 0.15) is 42.4 Å². The third-order valence-corrected chi connectivity index (χ3v) is 3.48. The molecule has 1 heterocycles. The molecule has 1 saturated heterocycles. The fourth-order valence-corrected chi connectivity index (χ4v) is 2.72. The van der Waals surface area contributed by atoms with Crippen LogP contribution in [0.5, 0.6) is 0 Å². The number of benzene rings is 1. The Morgan fingerprint density at radius 2 is 1.88 bits per heavy atom. The number of aryl methyl sites for hydroxylation is 3. The predicted octanol–water partition coefficient (Wildman–Crippen LogP) is 3.38. The van der Waals surface area contributed by atoms with Crippen LogP contribution in [0.25, 0.3) is 0 Å². The molecule has 1 N–H and O–H groups in total. The lowest BCUT2D eigenvalue weighted by molar-refractivity contribution is 0.383. The highest BCUT2D eigenvalue weighted by molar-refractivity contribution is 5.28. The van der Waals surface area contributed by atoms with Crippen LogP contribution < -0.4 is 5.32 Å². The standard InChI is InChI=1S/C15H23N/c1-12-9-13(2)11-14(10-12)6-7-15-5-3-4-8-16-15/h9-11,15-16H,3-8H2,1-2H3. The molecular weight excluding hydrogens is 194 g/mol. The van der Waals surface area contributed by atoms with Gasteiger partial charge in [0.25, 0.3) is 0 Å². The molecule has 0 radical (unpaired) electrons. The fourth-order valence-electron chi connectivity index (χ4n) is 2.72. The van der Waals surface area contributed by atoms with E-state index in [4.69, 9.17) is 0 Å². The van der Waals surface area contributed by atoms with E-state index in [0.29, 0.717) is 0 Å². The number of nitrogens with one attached hydrogen (secondary N) is 1. The van der Waals surface area contributed by atoms with E-state index in [9.17, 15) is 0 Å². The second-order valence-electron chi connectivity index (χ2n) is 5.18. The Kier molecular flexibility index (Phi) is 4.00. The molecule has 1 aromatic carbocycles. The van der Waals surface area contributed by atoms with E-state index in [2.05, 4.69) is 37.4 Å². The maximum atomic E-state index is 3.62. The highest BCUT2D eigenvalue weighted by Gasteiger charge is 2.11. The smallest absolute Gasteiger partial charge is 0.00702 e. The van der Waals surface area contributed by atoms with Gasteiger partial charge >= 0.3 is 0 Å². The van der Waals surface area contributed by atoms with E-state index in [1.54, 1.807) is 0 Å². The molecule has 1 unspecified atom stereocenters. The molecule has 0 spiro atoms. The molecule has 1 fully saturated rings. The summed E-state index contributed by atoms with van der Waals surface area (Å²) in [5, 5.41) is 3.62. The maximum absolute atomic E-state index is 3.62. The van der Waals surface area contributed by atoms with Crippen LogP contribution in [-0.2, 0) is 6.42 Å². The molecule has 0 aromatic heterocycles. The van der Waals surface area contributed by atoms with E-state index in [1.807, 2.05) is 0 Å². The summed E-state index contributed by atoms with van der Waals surface area (Å²) >= 11 is 0. The summed E-state index contributed by atoms with van der Waals surface area (Å²) in [6.45, 7) is 5.60. The Hall–Kier alpha value is -0.820. The highest BCUT2D eigenvalue weighted by Crippen LogP contribution is 2.15. The van der Waals surface area contributed by atoms with Gasteiger partial charge in [-0.05, 0) is 51.6 Å². The van der Waals surface area contributed by atoms with Crippen molar-refractivity contribution in [2.45, 2.75) is 52.0 Å². The molecule has 1 aliphatic rings. The summed E-state index contributed by atoms with van der Waals surface area (Å²) in [6, 6.07) is 7.67. The first-order valence-corrected chi connectivity index (χ1v) is 6.54. The molecular formula is C15H23N. The third kappa shape index (κ3) is 3.34. The first kappa shape index (κ1) is 11.7. The van der Waals surface area contributed by atoms with Crippen LogP contribution in [0.4, 0.5) is 0 Å². The van der Waals surface area contributed by atoms with Crippen LogP contribution >= 0.6 is 0 Å². The third-order valence-electron chi connectivity index (χ3n) is 3.48. The summed E-state index contributed by atoms with van der Waals surface area (Å²) in [5.41, 5.74) is 4.29. The van der Waals surface area contributed by atoms with E-state index >= 15 is 0 Å². The van der Waals surface area contributed by atoms with Gasteiger partial charge in [-0.3, -0.25) is 0 Å². The van der Waals surface area contributed by atoms with Crippen LogP contribution in [-0.4, -0.2) is 12.6 Å². The predicted molar refractivity (Wildman–Crippen MR) is 69.9 cm³/mol. The fraction of sp³-hybridized carbons (Fsp3) is 0.600. The Labute approximate surface area is 99.3 Å². The molecule has 16 heavy (non-hydrogen) atoms. The van der Waals surface area contributed by atoms with Gasteiger partial charge in [-0.25, -0.2) is 0 Å². The van der Waals surface area contributed by atoms with Crippen molar-refractivity contribution in [3.05, 3.63) is 34.9 Å². The number of hydrogen-bond donors (Lipinski definition) is 1. The zero-order valence-electron chi connectivity index (χ0n) is 10.6. The normalized spacial score (nSPS) is 21.0. The average Bonchev–Trinajstić information content (AvgIpc) is 2.27. The molecule has 0 amide bonds. The quantitative estimate of drug-likeness (QED) is 0.818. The summed E-state index contributed by atoms with van der Waals surface area (Å²) in [4.78, 5) is 0. The van der Waals surface area contributed by atoms with E-state index in [0.717, 1.165) is 6.04 Å². The summed E-state index contributed by atoms with van der Waals surface area (Å²) < 4.78 is 0. The molecule has 1 aliphatic heterocycles. The van der Waals surface area contributed by atoms with Gasteiger partial charge in [0.2, 0.25) is 0 Å². The number of piperidine rings is 1. The van der Waals surface area contributed by atoms with Crippen molar-refractivity contribution in [1.29, 1.82) is 0 Å². The molecule has 2 rings (SSSR count). The zero-order chi connectivity index (χ0) is 11.4. The minimum atomic E-state index is 0.759. The van der Waals surface area contributed by atoms with Crippen molar-refractivity contribution in [2.75, 3.05) is 6.54 Å². The summed E-state index contributed by atoms with van der Waals surface area (Å²) in [5.74, 6) is 0. The molecule has 88 valence electrons. The second-order valence-corrected chi connectivity index (χ2v) is 5.18. The van der Waals surface area contributed by atoms with Gasteiger partial charge in [-0.1, -0.05) is 35.7 Å². The SMILES string of the molecule is Cc1cc(C)cc(CCC2CCCCN2)c1. The number of hydrogen-bond acceptors (Lipinski definition) is 1. The van der Waals surface area contributed by atoms with Gasteiger partial charge in [0.15, 0.2) is 0 Å². The molecule has 1 heteroatoms. The number of rotatable bonds is 3. The largest absolute Gasteiger partial charge is 0.314 e. The average molecular weight is 217 g/mol. The Bertz CT molecular complexity index is 317. The molecule has 0 saturated carbocycles. The highest BCUT2D eigenvalue weighted by atomic mass is 14.9. The van der Waals surface area contributed by atoms with Crippen LogP contribution in [0, 0.1) is 13.8 Å². The van der Waals surface area contributed by atoms with Crippen molar-refractivity contribution in [3.8, 4) is 0 Å². The van der Waals surface area contributed by atoms with Crippen molar-refractivity contribution < 1.29 is 0 Å². The van der Waals surface area contributed by atoms with Crippen molar-refractivity contribution in [1.82, 2.24) is 5.32 Å². The summed E-state index contributed by atoms with van der Waals surface area (Å²) in [6.07, 6.45) is 6.65. The Balaban J connectivity index is 1.88. The monoisotopic (exact) mass is 217 g/mol. The van der Waals surface area contributed by atoms with Gasteiger partial charge in [0.05, 0.1) is 0 Å². The molecule has 1 aromatic rings. The lowest BCUT2D eigenvalue weighted by atomic mass is 9.96. The van der Waals surface area contributed by atoms with Crippen molar-refractivity contribution >= 4 is 0 Å². The van der Waals surface area contributed by atoms with Crippen LogP contribution in [0.2, 0.25) is 0 Å². The van der Waals surface area contributed by atoms with Gasteiger partial charge < -0.3 is 5.32 Å². The molecule has 1 atom stereocenters. The first-order chi connectivity index (χ1) is 7.74. The molecule has 0 bridgehead atoms. The van der Waals surface area contributed by atoms with Crippen LogP contribution in [0.3, 0.4) is 0 Å². The van der Waals surface area contributed by atoms with E-state index in [1.165, 1.54) is 55.3 Å². The van der Waals surface area contributed by atoms with E-state index < -0.39 is 0 Å². The summed E-state index contributed by atoms with van der Waals surface area (Å²) in [7, 11) is 0. The lowest BCUT2D eigenvalue weighted by Crippen LogP contribution is -2.34. The van der Waals surface area contributed by atoms with Crippen molar-refractivity contribution in [2.24, 2.45) is 0 Å². The van der Waals surface area contributed by atoms with Gasteiger partial charge in [-0.15, -0.1) is 0 Å². The van der Waals surface area contributed by atoms with E-state index in [-0.39, 0.29) is 0 Å².